The van der Waals surface area contributed by atoms with Gasteiger partial charge in [-0.15, -0.1) is 17.8 Å². The van der Waals surface area contributed by atoms with Crippen molar-refractivity contribution in [2.75, 3.05) is 31.1 Å². The summed E-state index contributed by atoms with van der Waals surface area (Å²) in [4.78, 5) is 20.6. The number of aromatic nitrogens is 1. The maximum Gasteiger partial charge on any atom is 0.273 e. The van der Waals surface area contributed by atoms with Crippen molar-refractivity contribution in [1.29, 1.82) is 0 Å². The highest BCUT2D eigenvalue weighted by molar-refractivity contribution is 7.10. The highest BCUT2D eigenvalue weighted by atomic mass is 32.1. The molecule has 3 rings (SSSR count). The van der Waals surface area contributed by atoms with Crippen molar-refractivity contribution in [2.45, 2.75) is 0 Å². The number of carbonyl (C=O) groups is 1. The zero-order valence-electron chi connectivity index (χ0n) is 11.5. The average molecular weight is 297 g/mol. The Kier molecular flexibility index (Phi) is 3.89. The van der Waals surface area contributed by atoms with Gasteiger partial charge in [-0.3, -0.25) is 4.79 Å². The number of thiazole rings is 1. The first kappa shape index (κ1) is 13.7. The lowest BCUT2D eigenvalue weighted by Crippen LogP contribution is -2.48. The van der Waals surface area contributed by atoms with Crippen LogP contribution in [-0.4, -0.2) is 42.0 Å². The normalized spacial score (nSPS) is 14.8. The Balaban J connectivity index is 1.63. The topological polar surface area (TPSA) is 36.4 Å². The molecule has 0 aliphatic carbocycles. The Labute approximate surface area is 128 Å². The molecule has 1 fully saturated rings. The minimum Gasteiger partial charge on any atom is -0.368 e. The molecule has 0 N–H and O–H groups in total. The minimum absolute atomic E-state index is 0.0274. The molecule has 1 amide bonds. The van der Waals surface area contributed by atoms with Crippen molar-refractivity contribution in [3.8, 4) is 12.3 Å². The second kappa shape index (κ2) is 5.98. The number of carbonyl (C=O) groups excluding carboxylic acids is 1. The van der Waals surface area contributed by atoms with Gasteiger partial charge in [-0.1, -0.05) is 18.2 Å². The molecule has 0 spiro atoms. The minimum atomic E-state index is -0.0274. The number of nitrogens with zero attached hydrogens (tertiary/aromatic N) is 3. The van der Waals surface area contributed by atoms with Crippen molar-refractivity contribution in [3.05, 3.63) is 46.4 Å². The molecule has 106 valence electrons. The first-order valence-electron chi connectivity index (χ1n) is 6.79. The molecule has 1 aliphatic rings. The van der Waals surface area contributed by atoms with Crippen LogP contribution >= 0.6 is 11.3 Å². The number of hydrogen-bond donors (Lipinski definition) is 0. The van der Waals surface area contributed by atoms with Crippen molar-refractivity contribution in [2.24, 2.45) is 0 Å². The van der Waals surface area contributed by atoms with Gasteiger partial charge in [0.1, 0.15) is 5.69 Å². The molecule has 1 aromatic heterocycles. The number of hydrogen-bond acceptors (Lipinski definition) is 4. The van der Waals surface area contributed by atoms with Crippen LogP contribution in [0.5, 0.6) is 0 Å². The Morgan fingerprint density at radius 1 is 1.19 bits per heavy atom. The number of terminal acetylenes is 1. The number of para-hydroxylation sites is 1. The van der Waals surface area contributed by atoms with E-state index in [0.29, 0.717) is 23.8 Å². The van der Waals surface area contributed by atoms with Gasteiger partial charge in [-0.2, -0.15) is 0 Å². The molecule has 0 bridgehead atoms. The zero-order valence-corrected chi connectivity index (χ0v) is 12.3. The van der Waals surface area contributed by atoms with Gasteiger partial charge in [0.05, 0.1) is 0 Å². The Hall–Kier alpha value is -2.32. The second-order valence-electron chi connectivity index (χ2n) is 4.80. The first-order chi connectivity index (χ1) is 10.3. The fourth-order valence-corrected chi connectivity index (χ4v) is 3.00. The first-order valence-corrected chi connectivity index (χ1v) is 7.67. The maximum atomic E-state index is 12.4. The summed E-state index contributed by atoms with van der Waals surface area (Å²) < 4.78 is 0. The largest absolute Gasteiger partial charge is 0.368 e. The van der Waals surface area contributed by atoms with Crippen molar-refractivity contribution < 1.29 is 4.79 Å². The van der Waals surface area contributed by atoms with Gasteiger partial charge in [0, 0.05) is 37.2 Å². The van der Waals surface area contributed by atoms with E-state index in [2.05, 4.69) is 27.9 Å². The highest BCUT2D eigenvalue weighted by Crippen LogP contribution is 2.17. The molecule has 1 saturated heterocycles. The van der Waals surface area contributed by atoms with Gasteiger partial charge < -0.3 is 9.80 Å². The predicted octanol–water partition coefficient (Wildman–Crippen LogP) is 2.09. The second-order valence-corrected chi connectivity index (χ2v) is 5.66. The summed E-state index contributed by atoms with van der Waals surface area (Å²) in [6, 6.07) is 10.3. The SMILES string of the molecule is C#Cc1nc(C(=O)N2CCN(c3ccccc3)CC2)cs1. The van der Waals surface area contributed by atoms with Crippen LogP contribution < -0.4 is 4.90 Å². The third-order valence-electron chi connectivity index (χ3n) is 3.54. The smallest absolute Gasteiger partial charge is 0.273 e. The van der Waals surface area contributed by atoms with Gasteiger partial charge in [-0.05, 0) is 18.1 Å². The predicted molar refractivity (Wildman–Crippen MR) is 84.6 cm³/mol. The van der Waals surface area contributed by atoms with Gasteiger partial charge in [0.2, 0.25) is 0 Å². The van der Waals surface area contributed by atoms with E-state index >= 15 is 0 Å². The van der Waals surface area contributed by atoms with Crippen LogP contribution in [0.4, 0.5) is 5.69 Å². The van der Waals surface area contributed by atoms with Crippen LogP contribution in [0.1, 0.15) is 15.5 Å². The maximum absolute atomic E-state index is 12.4. The molecule has 1 aromatic carbocycles. The van der Waals surface area contributed by atoms with Crippen LogP contribution in [-0.2, 0) is 0 Å². The number of amides is 1. The van der Waals surface area contributed by atoms with E-state index < -0.39 is 0 Å². The summed E-state index contributed by atoms with van der Waals surface area (Å²) in [5.74, 6) is 2.43. The Morgan fingerprint density at radius 3 is 2.52 bits per heavy atom. The van der Waals surface area contributed by atoms with E-state index in [1.807, 2.05) is 23.1 Å². The summed E-state index contributed by atoms with van der Waals surface area (Å²) >= 11 is 1.33. The van der Waals surface area contributed by atoms with Crippen molar-refractivity contribution >= 4 is 22.9 Å². The third kappa shape index (κ3) is 2.91. The van der Waals surface area contributed by atoms with E-state index in [1.54, 1.807) is 5.38 Å². The summed E-state index contributed by atoms with van der Waals surface area (Å²) in [6.07, 6.45) is 5.29. The van der Waals surface area contributed by atoms with Crippen LogP contribution in [0.3, 0.4) is 0 Å². The summed E-state index contributed by atoms with van der Waals surface area (Å²) in [5.41, 5.74) is 1.66. The number of piperazine rings is 1. The van der Waals surface area contributed by atoms with Gasteiger partial charge in [-0.25, -0.2) is 4.98 Å². The fraction of sp³-hybridized carbons (Fsp3) is 0.250. The lowest BCUT2D eigenvalue weighted by molar-refractivity contribution is 0.0741. The molecule has 2 heterocycles. The van der Waals surface area contributed by atoms with E-state index in [-0.39, 0.29) is 5.91 Å². The van der Waals surface area contributed by atoms with E-state index in [1.165, 1.54) is 17.0 Å². The molecule has 0 unspecified atom stereocenters. The lowest BCUT2D eigenvalue weighted by Gasteiger charge is -2.35. The van der Waals surface area contributed by atoms with E-state index in [0.717, 1.165) is 13.1 Å². The number of benzene rings is 1. The third-order valence-corrected chi connectivity index (χ3v) is 4.31. The van der Waals surface area contributed by atoms with Crippen LogP contribution in [0.25, 0.3) is 0 Å². The summed E-state index contributed by atoms with van der Waals surface area (Å²) in [5, 5.41) is 2.29. The monoisotopic (exact) mass is 297 g/mol. The van der Waals surface area contributed by atoms with Crippen LogP contribution in [0.15, 0.2) is 35.7 Å². The average Bonchev–Trinajstić information content (AvgIpc) is 3.04. The summed E-state index contributed by atoms with van der Waals surface area (Å²) in [7, 11) is 0. The fourth-order valence-electron chi connectivity index (χ4n) is 2.41. The number of rotatable bonds is 2. The Morgan fingerprint density at radius 2 is 1.90 bits per heavy atom. The van der Waals surface area contributed by atoms with Gasteiger partial charge in [0.25, 0.3) is 5.91 Å². The summed E-state index contributed by atoms with van der Waals surface area (Å²) in [6.45, 7) is 3.08. The zero-order chi connectivity index (χ0) is 14.7. The van der Waals surface area contributed by atoms with E-state index in [9.17, 15) is 4.79 Å². The van der Waals surface area contributed by atoms with Crippen LogP contribution in [0.2, 0.25) is 0 Å². The molecule has 21 heavy (non-hydrogen) atoms. The van der Waals surface area contributed by atoms with Gasteiger partial charge >= 0.3 is 0 Å². The van der Waals surface area contributed by atoms with Crippen LogP contribution in [0, 0.1) is 12.3 Å². The highest BCUT2D eigenvalue weighted by Gasteiger charge is 2.23. The van der Waals surface area contributed by atoms with Crippen molar-refractivity contribution in [1.82, 2.24) is 9.88 Å². The van der Waals surface area contributed by atoms with Gasteiger partial charge in [0.15, 0.2) is 5.01 Å². The molecule has 4 nitrogen and oxygen atoms in total. The Bertz CT molecular complexity index is 666. The lowest BCUT2D eigenvalue weighted by atomic mass is 10.2. The molecule has 1 aliphatic heterocycles. The molecular formula is C16H15N3OS. The van der Waals surface area contributed by atoms with E-state index in [4.69, 9.17) is 6.42 Å². The standard InChI is InChI=1S/C16H15N3OS/c1-2-15-17-14(12-21-15)16(20)19-10-8-18(9-11-19)13-6-4-3-5-7-13/h1,3-7,12H,8-11H2. The molecule has 2 aromatic rings. The molecule has 0 saturated carbocycles. The number of anilines is 1. The molecule has 0 atom stereocenters. The van der Waals surface area contributed by atoms with Crippen molar-refractivity contribution in [3.63, 3.8) is 0 Å². The molecule has 0 radical (unpaired) electrons. The molecular weight excluding hydrogens is 282 g/mol. The quantitative estimate of drug-likeness (QED) is 0.796. The molecule has 5 heteroatoms.